The third-order valence-corrected chi connectivity index (χ3v) is 9.11. The molecule has 0 aromatic carbocycles. The Bertz CT molecular complexity index is 1750. The van der Waals surface area contributed by atoms with E-state index < -0.39 is 25.8 Å². The zero-order valence-corrected chi connectivity index (χ0v) is 32.6. The SMILES string of the molecule is CC1(C)OB(B2OC(C)(C)C(C)(C)O2)OC1(C)C.CNC(=O)c1nc(Br)cnc1N.CNC(=O)c1ncc(-c2cnc(N)c(C(=O)NC)n2)nc1N. The fourth-order valence-corrected chi connectivity index (χ4v) is 4.57. The number of anilines is 3. The summed E-state index contributed by atoms with van der Waals surface area (Å²) in [6, 6.07) is 0. The van der Waals surface area contributed by atoms with Gasteiger partial charge in [0.1, 0.15) is 16.0 Å². The largest absolute Gasteiger partial charge is 0.488 e. The molecular weight excluding hydrogens is 742 g/mol. The number of hydrogen-bond donors (Lipinski definition) is 6. The van der Waals surface area contributed by atoms with Gasteiger partial charge in [-0.2, -0.15) is 0 Å². The number of carbonyl (C=O) groups is 3. The van der Waals surface area contributed by atoms with Crippen LogP contribution in [0.15, 0.2) is 23.2 Å². The normalized spacial score (nSPS) is 17.5. The van der Waals surface area contributed by atoms with Crippen LogP contribution in [0.4, 0.5) is 17.5 Å². The first-order chi connectivity index (χ1) is 24.0. The minimum absolute atomic E-state index is 0.00109. The molecule has 5 heterocycles. The van der Waals surface area contributed by atoms with Crippen molar-refractivity contribution < 1.29 is 33.0 Å². The predicted octanol–water partition coefficient (Wildman–Crippen LogP) is 1.25. The van der Waals surface area contributed by atoms with Crippen molar-refractivity contribution in [2.45, 2.75) is 77.8 Å². The molecule has 19 nitrogen and oxygen atoms in total. The van der Waals surface area contributed by atoms with E-state index in [1.807, 2.05) is 55.4 Å². The average molecular weight is 787 g/mol. The van der Waals surface area contributed by atoms with Crippen molar-refractivity contribution in [3.05, 3.63) is 40.3 Å². The van der Waals surface area contributed by atoms with Crippen molar-refractivity contribution in [1.82, 2.24) is 45.9 Å². The summed E-state index contributed by atoms with van der Waals surface area (Å²) in [5.41, 5.74) is 15.9. The Labute approximate surface area is 311 Å². The van der Waals surface area contributed by atoms with Gasteiger partial charge in [0.25, 0.3) is 17.7 Å². The number of aromatic nitrogens is 6. The van der Waals surface area contributed by atoms with Crippen LogP contribution < -0.4 is 33.2 Å². The molecule has 0 atom stereocenters. The number of hydrogen-bond acceptors (Lipinski definition) is 16. The molecule has 22 heteroatoms. The minimum Gasteiger partial charge on any atom is -0.405 e. The van der Waals surface area contributed by atoms with Crippen molar-refractivity contribution in [2.24, 2.45) is 0 Å². The molecule has 280 valence electrons. The highest BCUT2D eigenvalue weighted by atomic mass is 79.9. The van der Waals surface area contributed by atoms with Gasteiger partial charge in [-0.05, 0) is 71.3 Å². The second-order valence-corrected chi connectivity index (χ2v) is 14.2. The maximum Gasteiger partial charge on any atom is 0.488 e. The van der Waals surface area contributed by atoms with Gasteiger partial charge in [0, 0.05) is 21.1 Å². The van der Waals surface area contributed by atoms with Gasteiger partial charge in [-0.1, -0.05) is 0 Å². The lowest BCUT2D eigenvalue weighted by atomic mass is 9.49. The van der Waals surface area contributed by atoms with Gasteiger partial charge in [0.2, 0.25) is 0 Å². The summed E-state index contributed by atoms with van der Waals surface area (Å²) in [4.78, 5) is 57.8. The van der Waals surface area contributed by atoms with Crippen LogP contribution in [-0.2, 0) is 18.6 Å². The van der Waals surface area contributed by atoms with E-state index in [2.05, 4.69) is 61.8 Å². The molecule has 0 saturated carbocycles. The molecule has 2 saturated heterocycles. The highest BCUT2D eigenvalue weighted by Crippen LogP contribution is 2.43. The van der Waals surface area contributed by atoms with Gasteiger partial charge in [-0.3, -0.25) is 14.4 Å². The van der Waals surface area contributed by atoms with Crippen LogP contribution in [0.1, 0.15) is 86.9 Å². The van der Waals surface area contributed by atoms with Gasteiger partial charge in [-0.25, -0.2) is 29.9 Å². The van der Waals surface area contributed by atoms with Crippen LogP contribution in [0.3, 0.4) is 0 Å². The van der Waals surface area contributed by atoms with Crippen LogP contribution in [0.2, 0.25) is 0 Å². The van der Waals surface area contributed by atoms with E-state index in [9.17, 15) is 14.4 Å². The number of halogens is 1. The quantitative estimate of drug-likeness (QED) is 0.199. The highest BCUT2D eigenvalue weighted by molar-refractivity contribution is 9.10. The molecule has 3 aromatic rings. The van der Waals surface area contributed by atoms with Gasteiger partial charge < -0.3 is 51.8 Å². The van der Waals surface area contributed by atoms with Crippen molar-refractivity contribution >= 4 is 65.1 Å². The van der Waals surface area contributed by atoms with Gasteiger partial charge in [0.05, 0.1) is 41.0 Å². The topological polar surface area (TPSA) is 280 Å². The molecule has 5 rings (SSSR count). The smallest absolute Gasteiger partial charge is 0.405 e. The number of nitrogen functional groups attached to an aromatic ring is 3. The molecule has 9 N–H and O–H groups in total. The summed E-state index contributed by atoms with van der Waals surface area (Å²) < 4.78 is 24.3. The lowest BCUT2D eigenvalue weighted by Gasteiger charge is -2.32. The number of nitrogens with one attached hydrogen (secondary N) is 3. The van der Waals surface area contributed by atoms with Crippen molar-refractivity contribution in [3.63, 3.8) is 0 Å². The predicted molar refractivity (Wildman–Crippen MR) is 198 cm³/mol. The van der Waals surface area contributed by atoms with Crippen molar-refractivity contribution in [1.29, 1.82) is 0 Å². The Kier molecular flexibility index (Phi) is 12.9. The van der Waals surface area contributed by atoms with Crippen LogP contribution >= 0.6 is 15.9 Å². The third-order valence-electron chi connectivity index (χ3n) is 8.73. The molecule has 0 aliphatic carbocycles. The van der Waals surface area contributed by atoms with E-state index in [1.165, 1.54) is 39.7 Å². The Morgan fingerprint density at radius 3 is 1.31 bits per heavy atom. The molecule has 0 radical (unpaired) electrons. The third kappa shape index (κ3) is 9.29. The standard InChI is InChI=1S/C12H24B2O4.C12H14N8O2.C6H7BrN4O/c1-9(2)10(3,4)16-13(15-9)14-17-11(5,6)12(7,8)18-14;1-15-11(21)7-10(14)20-6(3-17-7)5-4-18-9(13)8(19-5)12(22)16-2;1-9-6(12)4-5(8)10-2-3(7)11-4/h1-8H3;3-4H,1-2H3,(H2,13,18)(H2,14,20)(H,15,21)(H,16,22);2H,1H3,(H2,8,10)(H,9,12). The van der Waals surface area contributed by atoms with E-state index in [4.69, 9.17) is 35.8 Å². The number of carbonyl (C=O) groups excluding carboxylic acids is 3. The maximum atomic E-state index is 11.7. The Hall–Kier alpha value is -4.50. The molecule has 0 bridgehead atoms. The highest BCUT2D eigenvalue weighted by Gasteiger charge is 2.63. The molecule has 3 aromatic heterocycles. The van der Waals surface area contributed by atoms with E-state index >= 15 is 0 Å². The van der Waals surface area contributed by atoms with Gasteiger partial charge in [-0.15, -0.1) is 0 Å². The summed E-state index contributed by atoms with van der Waals surface area (Å²) in [6.45, 7) is 16.2. The Balaban J connectivity index is 0.000000219. The van der Waals surface area contributed by atoms with Gasteiger partial charge >= 0.3 is 14.0 Å². The van der Waals surface area contributed by atoms with E-state index in [1.54, 1.807) is 0 Å². The van der Waals surface area contributed by atoms with E-state index in [-0.39, 0.29) is 74.2 Å². The average Bonchev–Trinajstić information content (AvgIpc) is 3.44. The Morgan fingerprint density at radius 1 is 0.558 bits per heavy atom. The molecule has 0 spiro atoms. The number of nitrogens with zero attached hydrogens (tertiary/aromatic N) is 6. The summed E-state index contributed by atoms with van der Waals surface area (Å²) in [7, 11) is 3.46. The molecule has 3 amide bonds. The van der Waals surface area contributed by atoms with E-state index in [0.717, 1.165) is 0 Å². The monoisotopic (exact) mass is 786 g/mol. The first kappa shape index (κ1) is 41.9. The molecule has 2 aliphatic rings. The maximum absolute atomic E-state index is 11.7. The molecule has 52 heavy (non-hydrogen) atoms. The molecule has 2 fully saturated rings. The number of rotatable bonds is 5. The number of nitrogens with two attached hydrogens (primary N) is 3. The second kappa shape index (κ2) is 16.0. The Morgan fingerprint density at radius 2 is 0.904 bits per heavy atom. The van der Waals surface area contributed by atoms with Crippen LogP contribution in [0.25, 0.3) is 11.4 Å². The summed E-state index contributed by atoms with van der Waals surface area (Å²) in [5.74, 6) is -1.22. The first-order valence-electron chi connectivity index (χ1n) is 15.9. The zero-order chi connectivity index (χ0) is 39.4. The minimum atomic E-state index is -0.477. The molecule has 2 aliphatic heterocycles. The lowest BCUT2D eigenvalue weighted by molar-refractivity contribution is 0.00578. The van der Waals surface area contributed by atoms with Crippen LogP contribution in [0, 0.1) is 0 Å². The fourth-order valence-electron chi connectivity index (χ4n) is 4.29. The van der Waals surface area contributed by atoms with Gasteiger partial charge in [0.15, 0.2) is 34.5 Å². The van der Waals surface area contributed by atoms with Crippen LogP contribution in [-0.4, -0.2) is 105 Å². The molecule has 0 unspecified atom stereocenters. The summed E-state index contributed by atoms with van der Waals surface area (Å²) >= 11 is 3.08. The van der Waals surface area contributed by atoms with Crippen molar-refractivity contribution in [3.8, 4) is 11.4 Å². The van der Waals surface area contributed by atoms with Crippen LogP contribution in [0.5, 0.6) is 0 Å². The first-order valence-corrected chi connectivity index (χ1v) is 16.7. The second-order valence-electron chi connectivity index (χ2n) is 13.4. The number of amides is 3. The summed E-state index contributed by atoms with van der Waals surface area (Å²) in [6.07, 6.45) is 4.08. The fraction of sp³-hybridized carbons (Fsp3) is 0.500. The zero-order valence-electron chi connectivity index (χ0n) is 31.0. The lowest BCUT2D eigenvalue weighted by Crippen LogP contribution is -2.41. The van der Waals surface area contributed by atoms with Crippen molar-refractivity contribution in [2.75, 3.05) is 38.3 Å². The summed E-state index contributed by atoms with van der Waals surface area (Å²) in [5, 5.41) is 7.22. The molecular formula is C30H45B2BrN12O7. The van der Waals surface area contributed by atoms with E-state index in [0.29, 0.717) is 4.60 Å².